The van der Waals surface area contributed by atoms with Gasteiger partial charge in [-0.1, -0.05) is 0 Å². The highest BCUT2D eigenvalue weighted by atomic mass is 35.7. The fourth-order valence-electron chi connectivity index (χ4n) is 0.639. The van der Waals surface area contributed by atoms with Gasteiger partial charge < -0.3 is 4.74 Å². The van der Waals surface area contributed by atoms with E-state index in [1.807, 2.05) is 0 Å². The molecule has 0 aromatic carbocycles. The van der Waals surface area contributed by atoms with Gasteiger partial charge in [0, 0.05) is 10.7 Å². The molecule has 0 saturated heterocycles. The molecule has 0 atom stereocenters. The van der Waals surface area contributed by atoms with E-state index in [2.05, 4.69) is 14.7 Å². The van der Waals surface area contributed by atoms with E-state index in [1.54, 1.807) is 0 Å². The Hall–Kier alpha value is -1.21. The van der Waals surface area contributed by atoms with Crippen molar-refractivity contribution in [2.24, 2.45) is 0 Å². The second-order valence-electron chi connectivity index (χ2n) is 2.17. The van der Waals surface area contributed by atoms with Crippen LogP contribution in [-0.4, -0.2) is 31.5 Å². The summed E-state index contributed by atoms with van der Waals surface area (Å²) in [5, 5.41) is 0. The van der Waals surface area contributed by atoms with Crippen LogP contribution in [0.15, 0.2) is 17.3 Å². The van der Waals surface area contributed by atoms with E-state index in [-0.39, 0.29) is 10.7 Å². The van der Waals surface area contributed by atoms with Gasteiger partial charge in [0.25, 0.3) is 9.05 Å². The van der Waals surface area contributed by atoms with Crippen LogP contribution in [0.5, 0.6) is 0 Å². The first kappa shape index (κ1) is 10.9. The first-order valence-corrected chi connectivity index (χ1v) is 5.61. The monoisotopic (exact) mass is 236 g/mol. The number of carbonyl (C=O) groups excluding carboxylic acids is 1. The summed E-state index contributed by atoms with van der Waals surface area (Å²) >= 11 is 0. The molecule has 0 amide bonds. The number of carbonyl (C=O) groups is 1. The largest absolute Gasteiger partial charge is 0.463 e. The maximum Gasteiger partial charge on any atom is 0.376 e. The van der Waals surface area contributed by atoms with Crippen molar-refractivity contribution in [3.63, 3.8) is 0 Å². The summed E-state index contributed by atoms with van der Waals surface area (Å²) in [6.07, 6.45) is 1.86. The Morgan fingerprint density at radius 3 is 2.29 bits per heavy atom. The van der Waals surface area contributed by atoms with Gasteiger partial charge in [-0.15, -0.1) is 0 Å². The number of ether oxygens (including phenoxy) is 1. The molecule has 0 saturated carbocycles. The van der Waals surface area contributed by atoms with Gasteiger partial charge in [0.05, 0.1) is 19.5 Å². The predicted molar refractivity (Wildman–Crippen MR) is 46.4 cm³/mol. The molecule has 0 N–H and O–H groups in total. The van der Waals surface area contributed by atoms with Crippen molar-refractivity contribution in [2.75, 3.05) is 7.11 Å². The second kappa shape index (κ2) is 3.89. The maximum atomic E-state index is 10.8. The summed E-state index contributed by atoms with van der Waals surface area (Å²) in [7, 11) is 2.31. The van der Waals surface area contributed by atoms with Crippen LogP contribution < -0.4 is 0 Å². The van der Waals surface area contributed by atoms with Crippen LogP contribution in [-0.2, 0) is 13.8 Å². The molecule has 0 aliphatic rings. The first-order chi connectivity index (χ1) is 6.45. The van der Waals surface area contributed by atoms with E-state index < -0.39 is 15.0 Å². The molecule has 0 aliphatic carbocycles. The van der Waals surface area contributed by atoms with E-state index in [0.717, 1.165) is 19.5 Å². The van der Waals surface area contributed by atoms with Gasteiger partial charge in [-0.25, -0.2) is 23.2 Å². The summed E-state index contributed by atoms with van der Waals surface area (Å²) < 4.78 is 25.8. The Morgan fingerprint density at radius 1 is 1.43 bits per heavy atom. The van der Waals surface area contributed by atoms with Crippen molar-refractivity contribution in [2.45, 2.75) is 4.90 Å². The molecule has 0 radical (unpaired) electrons. The van der Waals surface area contributed by atoms with Crippen LogP contribution in [0.3, 0.4) is 0 Å². The van der Waals surface area contributed by atoms with Gasteiger partial charge in [-0.2, -0.15) is 0 Å². The first-order valence-electron chi connectivity index (χ1n) is 3.30. The Kier molecular flexibility index (Phi) is 3.02. The quantitative estimate of drug-likeness (QED) is 0.538. The van der Waals surface area contributed by atoms with Gasteiger partial charge >= 0.3 is 5.97 Å². The Balaban J connectivity index is 3.07. The summed E-state index contributed by atoms with van der Waals surface area (Å²) in [6, 6.07) is 0. The smallest absolute Gasteiger partial charge is 0.376 e. The topological polar surface area (TPSA) is 86.2 Å². The van der Waals surface area contributed by atoms with Gasteiger partial charge in [-0.05, 0) is 0 Å². The van der Waals surface area contributed by atoms with Crippen molar-refractivity contribution < 1.29 is 17.9 Å². The Labute approximate surface area is 84.3 Å². The van der Waals surface area contributed by atoms with Gasteiger partial charge in [-0.3, -0.25) is 0 Å². The number of halogens is 1. The standard InChI is InChI=1S/C6H5ClN2O4S/c1-13-6(10)5-8-2-4(3-9-5)14(7,11)12/h2-3H,1H3. The lowest BCUT2D eigenvalue weighted by Gasteiger charge is -1.97. The van der Waals surface area contributed by atoms with E-state index in [0.29, 0.717) is 0 Å². The third-order valence-electron chi connectivity index (χ3n) is 1.28. The third-order valence-corrected chi connectivity index (χ3v) is 2.59. The molecule has 0 fully saturated rings. The van der Waals surface area contributed by atoms with Crippen molar-refractivity contribution >= 4 is 25.7 Å². The molecule has 1 aromatic heterocycles. The average Bonchev–Trinajstić information content (AvgIpc) is 2.15. The highest BCUT2D eigenvalue weighted by Gasteiger charge is 2.14. The van der Waals surface area contributed by atoms with E-state index >= 15 is 0 Å². The Morgan fingerprint density at radius 2 is 1.93 bits per heavy atom. The fraction of sp³-hybridized carbons (Fsp3) is 0.167. The SMILES string of the molecule is COC(=O)c1ncc(S(=O)(=O)Cl)cn1. The fourth-order valence-corrected chi connectivity index (χ4v) is 1.24. The van der Waals surface area contributed by atoms with Crippen LogP contribution in [0.4, 0.5) is 0 Å². The zero-order valence-corrected chi connectivity index (χ0v) is 8.54. The number of hydrogen-bond donors (Lipinski definition) is 0. The molecule has 14 heavy (non-hydrogen) atoms. The number of rotatable bonds is 2. The molecule has 6 nitrogen and oxygen atoms in total. The molecular weight excluding hydrogens is 232 g/mol. The predicted octanol–water partition coefficient (Wildman–Crippen LogP) is 0.191. The highest BCUT2D eigenvalue weighted by Crippen LogP contribution is 2.11. The van der Waals surface area contributed by atoms with Crippen molar-refractivity contribution in [1.82, 2.24) is 9.97 Å². The molecule has 76 valence electrons. The molecule has 1 aromatic rings. The molecule has 0 aliphatic heterocycles. The normalized spacial score (nSPS) is 11.0. The summed E-state index contributed by atoms with van der Waals surface area (Å²) in [4.78, 5) is 17.5. The third kappa shape index (κ3) is 2.39. The molecule has 0 spiro atoms. The number of methoxy groups -OCH3 is 1. The number of esters is 1. The maximum absolute atomic E-state index is 10.8. The zero-order chi connectivity index (χ0) is 10.8. The average molecular weight is 237 g/mol. The van der Waals surface area contributed by atoms with Crippen LogP contribution >= 0.6 is 10.7 Å². The van der Waals surface area contributed by atoms with E-state index in [4.69, 9.17) is 10.7 Å². The summed E-state index contributed by atoms with van der Waals surface area (Å²) in [5.74, 6) is -0.972. The molecule has 8 heteroatoms. The van der Waals surface area contributed by atoms with Crippen LogP contribution in [0.2, 0.25) is 0 Å². The summed E-state index contributed by atoms with van der Waals surface area (Å²) in [5.41, 5.74) is 0. The van der Waals surface area contributed by atoms with Crippen molar-refractivity contribution in [3.05, 3.63) is 18.2 Å². The minimum Gasteiger partial charge on any atom is -0.463 e. The Bertz CT molecular complexity index is 441. The van der Waals surface area contributed by atoms with Gasteiger partial charge in [0.2, 0.25) is 5.82 Å². The lowest BCUT2D eigenvalue weighted by molar-refractivity contribution is 0.0586. The van der Waals surface area contributed by atoms with Crippen LogP contribution in [0.1, 0.15) is 10.6 Å². The van der Waals surface area contributed by atoms with Gasteiger partial charge in [0.1, 0.15) is 4.90 Å². The number of aromatic nitrogens is 2. The molecular formula is C6H5ClN2O4S. The molecule has 0 bridgehead atoms. The van der Waals surface area contributed by atoms with Crippen molar-refractivity contribution in [3.8, 4) is 0 Å². The second-order valence-corrected chi connectivity index (χ2v) is 4.74. The number of nitrogens with zero attached hydrogens (tertiary/aromatic N) is 2. The minimum atomic E-state index is -3.86. The number of hydrogen-bond acceptors (Lipinski definition) is 6. The van der Waals surface area contributed by atoms with Crippen LogP contribution in [0, 0.1) is 0 Å². The van der Waals surface area contributed by atoms with Crippen LogP contribution in [0.25, 0.3) is 0 Å². The van der Waals surface area contributed by atoms with Gasteiger partial charge in [0.15, 0.2) is 0 Å². The van der Waals surface area contributed by atoms with Crippen molar-refractivity contribution in [1.29, 1.82) is 0 Å². The molecule has 1 heterocycles. The minimum absolute atomic E-state index is 0.225. The lowest BCUT2D eigenvalue weighted by atomic mass is 10.5. The molecule has 0 unspecified atom stereocenters. The highest BCUT2D eigenvalue weighted by molar-refractivity contribution is 8.13. The zero-order valence-electron chi connectivity index (χ0n) is 6.97. The molecule has 1 rings (SSSR count). The van der Waals surface area contributed by atoms with E-state index in [1.165, 1.54) is 0 Å². The summed E-state index contributed by atoms with van der Waals surface area (Å²) in [6.45, 7) is 0. The van der Waals surface area contributed by atoms with E-state index in [9.17, 15) is 13.2 Å². The lowest BCUT2D eigenvalue weighted by Crippen LogP contribution is -2.07.